The second-order valence-corrected chi connectivity index (χ2v) is 7.17. The fourth-order valence-corrected chi connectivity index (χ4v) is 3.35. The quantitative estimate of drug-likeness (QED) is 0.458. The summed E-state index contributed by atoms with van der Waals surface area (Å²) in [6, 6.07) is 15.2. The van der Waals surface area contributed by atoms with Crippen LogP contribution in [0.1, 0.15) is 15.9 Å². The summed E-state index contributed by atoms with van der Waals surface area (Å²) in [6.45, 7) is 0. The minimum atomic E-state index is -0.151. The van der Waals surface area contributed by atoms with Gasteiger partial charge in [0.05, 0.1) is 5.56 Å². The maximum absolute atomic E-state index is 12.6. The van der Waals surface area contributed by atoms with E-state index in [-0.39, 0.29) is 5.91 Å². The summed E-state index contributed by atoms with van der Waals surface area (Å²) in [5.74, 6) is 0.588. The number of nitrogens with one attached hydrogen (secondary N) is 1. The van der Waals surface area contributed by atoms with Gasteiger partial charge in [-0.15, -0.1) is 11.8 Å². The van der Waals surface area contributed by atoms with E-state index in [1.54, 1.807) is 42.5 Å². The lowest BCUT2D eigenvalue weighted by atomic mass is 10.2. The summed E-state index contributed by atoms with van der Waals surface area (Å²) in [4.78, 5) is 20.9. The number of carbonyl (C=O) groups excluding carboxylic acids is 1. The average Bonchev–Trinajstić information content (AvgIpc) is 2.63. The molecule has 1 amide bonds. The topological polar surface area (TPSA) is 54.9 Å². The van der Waals surface area contributed by atoms with Crippen LogP contribution in [0.15, 0.2) is 72.1 Å². The Morgan fingerprint density at radius 1 is 1.04 bits per heavy atom. The molecule has 2 aromatic heterocycles. The molecule has 0 saturated carbocycles. The fourth-order valence-electron chi connectivity index (χ4n) is 2.04. The highest BCUT2D eigenvalue weighted by atomic mass is 127. The first kappa shape index (κ1) is 16.9. The zero-order chi connectivity index (χ0) is 16.8. The highest BCUT2D eigenvalue weighted by molar-refractivity contribution is 14.1. The Balaban J connectivity index is 1.73. The third-order valence-corrected chi connectivity index (χ3v) is 5.04. The molecule has 0 spiro atoms. The predicted molar refractivity (Wildman–Crippen MR) is 105 cm³/mol. The predicted octanol–water partition coefficient (Wildman–Crippen LogP) is 4.63. The van der Waals surface area contributed by atoms with Crippen LogP contribution in [0.5, 0.6) is 0 Å². The van der Waals surface area contributed by atoms with E-state index in [1.807, 2.05) is 36.4 Å². The van der Waals surface area contributed by atoms with Crippen LogP contribution in [0.2, 0.25) is 0 Å². The Morgan fingerprint density at radius 3 is 2.54 bits per heavy atom. The second-order valence-electron chi connectivity index (χ2n) is 4.96. The number of carbonyl (C=O) groups is 1. The molecule has 0 aliphatic rings. The molecular formula is C18H14IN3OS. The van der Waals surface area contributed by atoms with Crippen molar-refractivity contribution in [3.05, 3.63) is 81.8 Å². The number of benzene rings is 1. The molecule has 2 heterocycles. The number of hydrogen-bond acceptors (Lipinski definition) is 4. The molecule has 3 aromatic rings. The minimum absolute atomic E-state index is 0.151. The van der Waals surface area contributed by atoms with Crippen LogP contribution >= 0.6 is 34.4 Å². The molecule has 3 rings (SSSR count). The molecule has 0 aliphatic carbocycles. The van der Waals surface area contributed by atoms with Crippen LogP contribution in [-0.4, -0.2) is 15.9 Å². The van der Waals surface area contributed by atoms with Crippen molar-refractivity contribution in [2.45, 2.75) is 10.8 Å². The van der Waals surface area contributed by atoms with Gasteiger partial charge >= 0.3 is 0 Å². The molecule has 1 aromatic carbocycles. The number of aromatic nitrogens is 2. The standard InChI is InChI=1S/C18H14IN3OS/c19-14-3-5-15(6-4-14)22-17(23)16-2-1-9-21-18(16)24-12-13-7-10-20-11-8-13/h1-11H,12H2,(H,22,23). The average molecular weight is 447 g/mol. The number of halogens is 1. The first-order chi connectivity index (χ1) is 11.7. The Bertz CT molecular complexity index is 825. The van der Waals surface area contributed by atoms with E-state index in [1.165, 1.54) is 0 Å². The van der Waals surface area contributed by atoms with E-state index in [0.717, 1.165) is 25.6 Å². The molecule has 4 nitrogen and oxygen atoms in total. The number of rotatable bonds is 5. The number of amides is 1. The zero-order valence-electron chi connectivity index (χ0n) is 12.6. The first-order valence-electron chi connectivity index (χ1n) is 7.26. The Kier molecular flexibility index (Phi) is 5.81. The Hall–Kier alpha value is -1.93. The van der Waals surface area contributed by atoms with Gasteiger partial charge in [-0.05, 0) is 76.7 Å². The van der Waals surface area contributed by atoms with E-state index < -0.39 is 0 Å². The van der Waals surface area contributed by atoms with Crippen LogP contribution in [0.4, 0.5) is 5.69 Å². The van der Waals surface area contributed by atoms with Gasteiger partial charge in [0.15, 0.2) is 0 Å². The monoisotopic (exact) mass is 447 g/mol. The van der Waals surface area contributed by atoms with Crippen molar-refractivity contribution >= 4 is 45.9 Å². The molecule has 120 valence electrons. The van der Waals surface area contributed by atoms with E-state index in [9.17, 15) is 4.79 Å². The normalized spacial score (nSPS) is 10.4. The molecule has 24 heavy (non-hydrogen) atoms. The molecular weight excluding hydrogens is 433 g/mol. The Labute approximate surface area is 158 Å². The molecule has 0 atom stereocenters. The summed E-state index contributed by atoms with van der Waals surface area (Å²) < 4.78 is 1.13. The molecule has 0 radical (unpaired) electrons. The van der Waals surface area contributed by atoms with E-state index >= 15 is 0 Å². The van der Waals surface area contributed by atoms with Gasteiger partial charge < -0.3 is 5.32 Å². The van der Waals surface area contributed by atoms with Crippen molar-refractivity contribution in [2.24, 2.45) is 0 Å². The molecule has 0 aliphatic heterocycles. The van der Waals surface area contributed by atoms with Gasteiger partial charge in [-0.3, -0.25) is 9.78 Å². The lowest BCUT2D eigenvalue weighted by Crippen LogP contribution is -2.13. The van der Waals surface area contributed by atoms with Crippen LogP contribution in [0, 0.1) is 3.57 Å². The van der Waals surface area contributed by atoms with E-state index in [0.29, 0.717) is 5.56 Å². The van der Waals surface area contributed by atoms with Gasteiger partial charge in [-0.1, -0.05) is 0 Å². The SMILES string of the molecule is O=C(Nc1ccc(I)cc1)c1cccnc1SCc1ccncc1. The third kappa shape index (κ3) is 4.55. The summed E-state index contributed by atoms with van der Waals surface area (Å²) >= 11 is 3.77. The number of nitrogens with zero attached hydrogens (tertiary/aromatic N) is 2. The van der Waals surface area contributed by atoms with Crippen LogP contribution in [0.25, 0.3) is 0 Å². The molecule has 6 heteroatoms. The summed E-state index contributed by atoms with van der Waals surface area (Å²) in [5.41, 5.74) is 2.49. The van der Waals surface area contributed by atoms with Gasteiger partial charge in [0.1, 0.15) is 5.03 Å². The van der Waals surface area contributed by atoms with Crippen molar-refractivity contribution in [2.75, 3.05) is 5.32 Å². The lowest BCUT2D eigenvalue weighted by molar-refractivity contribution is 0.102. The highest BCUT2D eigenvalue weighted by Gasteiger charge is 2.13. The van der Waals surface area contributed by atoms with E-state index in [2.05, 4.69) is 37.9 Å². The minimum Gasteiger partial charge on any atom is -0.322 e. The van der Waals surface area contributed by atoms with Crippen molar-refractivity contribution in [1.29, 1.82) is 0 Å². The third-order valence-electron chi connectivity index (χ3n) is 3.24. The van der Waals surface area contributed by atoms with Gasteiger partial charge in [0.25, 0.3) is 5.91 Å². The van der Waals surface area contributed by atoms with Crippen molar-refractivity contribution in [3.63, 3.8) is 0 Å². The van der Waals surface area contributed by atoms with Gasteiger partial charge in [-0.2, -0.15) is 0 Å². The second kappa shape index (κ2) is 8.25. The molecule has 0 bridgehead atoms. The largest absolute Gasteiger partial charge is 0.322 e. The highest BCUT2D eigenvalue weighted by Crippen LogP contribution is 2.24. The molecule has 0 fully saturated rings. The van der Waals surface area contributed by atoms with Crippen molar-refractivity contribution in [3.8, 4) is 0 Å². The summed E-state index contributed by atoms with van der Waals surface area (Å²) in [7, 11) is 0. The van der Waals surface area contributed by atoms with Gasteiger partial charge in [-0.25, -0.2) is 4.98 Å². The van der Waals surface area contributed by atoms with Gasteiger partial charge in [0.2, 0.25) is 0 Å². The molecule has 1 N–H and O–H groups in total. The fraction of sp³-hybridized carbons (Fsp3) is 0.0556. The number of anilines is 1. The van der Waals surface area contributed by atoms with Gasteiger partial charge in [0, 0.05) is 33.6 Å². The summed E-state index contributed by atoms with van der Waals surface area (Å²) in [6.07, 6.45) is 5.23. The van der Waals surface area contributed by atoms with Crippen molar-refractivity contribution in [1.82, 2.24) is 9.97 Å². The molecule has 0 saturated heterocycles. The summed E-state index contributed by atoms with van der Waals surface area (Å²) in [5, 5.41) is 3.64. The number of pyridine rings is 2. The molecule has 0 unspecified atom stereocenters. The van der Waals surface area contributed by atoms with Crippen LogP contribution in [-0.2, 0) is 5.75 Å². The number of thioether (sulfide) groups is 1. The van der Waals surface area contributed by atoms with Crippen LogP contribution < -0.4 is 5.32 Å². The Morgan fingerprint density at radius 2 is 1.79 bits per heavy atom. The maximum Gasteiger partial charge on any atom is 0.258 e. The van der Waals surface area contributed by atoms with Crippen LogP contribution in [0.3, 0.4) is 0 Å². The van der Waals surface area contributed by atoms with E-state index in [4.69, 9.17) is 0 Å². The number of hydrogen-bond donors (Lipinski definition) is 1. The lowest BCUT2D eigenvalue weighted by Gasteiger charge is -2.09. The smallest absolute Gasteiger partial charge is 0.258 e. The zero-order valence-corrected chi connectivity index (χ0v) is 15.6. The van der Waals surface area contributed by atoms with Crippen molar-refractivity contribution < 1.29 is 4.79 Å². The maximum atomic E-state index is 12.6. The first-order valence-corrected chi connectivity index (χ1v) is 9.32.